The lowest BCUT2D eigenvalue weighted by molar-refractivity contribution is 0.607. The number of guanidine groups is 1. The van der Waals surface area contributed by atoms with Crippen LogP contribution in [0.3, 0.4) is 0 Å². The maximum Gasteiger partial charge on any atom is 0.191 e. The van der Waals surface area contributed by atoms with Gasteiger partial charge in [0.1, 0.15) is 5.82 Å². The van der Waals surface area contributed by atoms with Gasteiger partial charge in [-0.3, -0.25) is 4.99 Å². The first-order chi connectivity index (χ1) is 13.2. The van der Waals surface area contributed by atoms with Crippen molar-refractivity contribution in [1.82, 2.24) is 15.6 Å². The summed E-state index contributed by atoms with van der Waals surface area (Å²) in [5, 5.41) is 6.60. The summed E-state index contributed by atoms with van der Waals surface area (Å²) in [6.07, 6.45) is 3.01. The third-order valence-corrected chi connectivity index (χ3v) is 4.52. The molecule has 5 nitrogen and oxygen atoms in total. The number of rotatable bonds is 6. The average Bonchev–Trinajstić information content (AvgIpc) is 3.12. The molecule has 1 fully saturated rings. The Morgan fingerprint density at radius 3 is 2.75 bits per heavy atom. The molecule has 1 unspecified atom stereocenters. The van der Waals surface area contributed by atoms with E-state index in [1.54, 1.807) is 24.4 Å². The molecule has 1 aliphatic heterocycles. The quantitative estimate of drug-likeness (QED) is 0.362. The highest BCUT2D eigenvalue weighted by Crippen LogP contribution is 2.20. The fourth-order valence-electron chi connectivity index (χ4n) is 3.18. The number of nitrogens with zero attached hydrogens (tertiary/aromatic N) is 3. The second-order valence-electron chi connectivity index (χ2n) is 6.49. The van der Waals surface area contributed by atoms with Crippen LogP contribution in [0.4, 0.5) is 14.6 Å². The predicted octanol–water partition coefficient (Wildman–Crippen LogP) is 3.35. The Bertz CT molecular complexity index is 787. The van der Waals surface area contributed by atoms with E-state index in [-0.39, 0.29) is 41.7 Å². The normalized spacial score (nSPS) is 16.6. The van der Waals surface area contributed by atoms with Crippen molar-refractivity contribution in [2.45, 2.75) is 25.8 Å². The average molecular weight is 501 g/mol. The van der Waals surface area contributed by atoms with Crippen molar-refractivity contribution in [3.05, 3.63) is 59.8 Å². The number of aliphatic imine (C=N–C) groups is 1. The second-order valence-corrected chi connectivity index (χ2v) is 6.49. The number of anilines is 1. The van der Waals surface area contributed by atoms with Gasteiger partial charge in [0.25, 0.3) is 0 Å². The van der Waals surface area contributed by atoms with Gasteiger partial charge in [-0.2, -0.15) is 0 Å². The fourth-order valence-corrected chi connectivity index (χ4v) is 3.18. The molecule has 0 aliphatic carbocycles. The summed E-state index contributed by atoms with van der Waals surface area (Å²) in [4.78, 5) is 10.6. The molecule has 152 valence electrons. The minimum atomic E-state index is -0.302. The zero-order chi connectivity index (χ0) is 19.1. The van der Waals surface area contributed by atoms with Crippen LogP contribution in [0.2, 0.25) is 0 Å². The zero-order valence-electron chi connectivity index (χ0n) is 15.9. The Morgan fingerprint density at radius 2 is 2.00 bits per heavy atom. The van der Waals surface area contributed by atoms with Crippen molar-refractivity contribution in [1.29, 1.82) is 0 Å². The molecule has 1 aliphatic rings. The lowest BCUT2D eigenvalue weighted by atomic mass is 10.1. The Morgan fingerprint density at radius 1 is 1.21 bits per heavy atom. The third kappa shape index (κ3) is 6.02. The highest BCUT2D eigenvalue weighted by Gasteiger charge is 2.25. The van der Waals surface area contributed by atoms with Crippen LogP contribution in [0, 0.1) is 11.6 Å². The maximum atomic E-state index is 13.9. The molecule has 0 saturated carbocycles. The molecule has 2 N–H and O–H groups in total. The summed E-state index contributed by atoms with van der Waals surface area (Å²) in [7, 11) is 0. The van der Waals surface area contributed by atoms with Gasteiger partial charge in [-0.1, -0.05) is 18.2 Å². The van der Waals surface area contributed by atoms with Crippen molar-refractivity contribution in [3.63, 3.8) is 0 Å². The van der Waals surface area contributed by atoms with Crippen molar-refractivity contribution < 1.29 is 8.78 Å². The summed E-state index contributed by atoms with van der Waals surface area (Å²) in [6.45, 7) is 4.61. The van der Waals surface area contributed by atoms with Gasteiger partial charge >= 0.3 is 0 Å². The van der Waals surface area contributed by atoms with Gasteiger partial charge in [-0.25, -0.2) is 13.8 Å². The van der Waals surface area contributed by atoms with Gasteiger partial charge in [0, 0.05) is 38.4 Å². The number of pyridine rings is 1. The van der Waals surface area contributed by atoms with Crippen molar-refractivity contribution in [2.24, 2.45) is 4.99 Å². The van der Waals surface area contributed by atoms with Gasteiger partial charge in [0.05, 0.1) is 0 Å². The second kappa shape index (κ2) is 11.1. The molecule has 0 bridgehead atoms. The van der Waals surface area contributed by atoms with Gasteiger partial charge in [0.15, 0.2) is 17.6 Å². The summed E-state index contributed by atoms with van der Waals surface area (Å²) < 4.78 is 27.6. The third-order valence-electron chi connectivity index (χ3n) is 4.52. The molecule has 8 heteroatoms. The first-order valence-electron chi connectivity index (χ1n) is 9.31. The van der Waals surface area contributed by atoms with Crippen LogP contribution in [-0.2, 0) is 6.42 Å². The van der Waals surface area contributed by atoms with E-state index < -0.39 is 0 Å². The van der Waals surface area contributed by atoms with E-state index in [1.807, 2.05) is 17.9 Å². The summed E-state index contributed by atoms with van der Waals surface area (Å²) >= 11 is 0. The fraction of sp³-hybridized carbons (Fsp3) is 0.400. The molecule has 2 aromatic rings. The predicted molar refractivity (Wildman–Crippen MR) is 119 cm³/mol. The molecular weight excluding hydrogens is 475 g/mol. The molecular formula is C20H26F2IN5. The van der Waals surface area contributed by atoms with Crippen molar-refractivity contribution in [2.75, 3.05) is 31.1 Å². The molecule has 1 atom stereocenters. The van der Waals surface area contributed by atoms with E-state index in [9.17, 15) is 8.78 Å². The van der Waals surface area contributed by atoms with Gasteiger partial charge in [-0.05, 0) is 43.5 Å². The van der Waals surface area contributed by atoms with Crippen LogP contribution in [0.5, 0.6) is 0 Å². The van der Waals surface area contributed by atoms with Crippen LogP contribution in [0.25, 0.3) is 0 Å². The van der Waals surface area contributed by atoms with Crippen LogP contribution in [0.1, 0.15) is 18.9 Å². The highest BCUT2D eigenvalue weighted by molar-refractivity contribution is 14.0. The monoisotopic (exact) mass is 501 g/mol. The number of hydrogen-bond acceptors (Lipinski definition) is 3. The molecule has 2 heterocycles. The Kier molecular flexibility index (Phi) is 8.88. The van der Waals surface area contributed by atoms with E-state index in [1.165, 1.54) is 12.1 Å². The summed E-state index contributed by atoms with van der Waals surface area (Å²) in [6, 6.07) is 9.93. The molecule has 0 radical (unpaired) electrons. The minimum absolute atomic E-state index is 0. The number of aromatic nitrogens is 1. The highest BCUT2D eigenvalue weighted by atomic mass is 127. The molecule has 1 aromatic heterocycles. The SMILES string of the molecule is CCNC(=NCCc1ccccc1F)NC1CCN(c2ncccc2F)C1.I. The zero-order valence-corrected chi connectivity index (χ0v) is 18.2. The first-order valence-corrected chi connectivity index (χ1v) is 9.31. The number of nitrogens with one attached hydrogen (secondary N) is 2. The van der Waals surface area contributed by atoms with E-state index in [2.05, 4.69) is 20.6 Å². The van der Waals surface area contributed by atoms with Gasteiger partial charge in [0.2, 0.25) is 0 Å². The lowest BCUT2D eigenvalue weighted by Crippen LogP contribution is -2.44. The largest absolute Gasteiger partial charge is 0.357 e. The topological polar surface area (TPSA) is 52.6 Å². The first kappa shape index (κ1) is 22.3. The number of benzene rings is 1. The molecule has 0 spiro atoms. The smallest absolute Gasteiger partial charge is 0.191 e. The van der Waals surface area contributed by atoms with Crippen LogP contribution >= 0.6 is 24.0 Å². The summed E-state index contributed by atoms with van der Waals surface area (Å²) in [5.41, 5.74) is 0.662. The van der Waals surface area contributed by atoms with Crippen LogP contribution in [0.15, 0.2) is 47.6 Å². The van der Waals surface area contributed by atoms with Crippen molar-refractivity contribution >= 4 is 35.8 Å². The number of hydrogen-bond donors (Lipinski definition) is 2. The molecule has 0 amide bonds. The minimum Gasteiger partial charge on any atom is -0.357 e. The Hall–Kier alpha value is -1.97. The Labute approximate surface area is 181 Å². The number of halogens is 3. The van der Waals surface area contributed by atoms with Crippen LogP contribution < -0.4 is 15.5 Å². The van der Waals surface area contributed by atoms with Gasteiger partial charge < -0.3 is 15.5 Å². The van der Waals surface area contributed by atoms with E-state index in [0.717, 1.165) is 19.5 Å². The lowest BCUT2D eigenvalue weighted by Gasteiger charge is -2.20. The van der Waals surface area contributed by atoms with Gasteiger partial charge in [-0.15, -0.1) is 24.0 Å². The maximum absolute atomic E-state index is 13.9. The standard InChI is InChI=1S/C20H25F2N5.HI/c1-2-23-20(25-12-9-15-6-3-4-7-17(15)21)26-16-10-13-27(14-16)19-18(22)8-5-11-24-19;/h3-8,11,16H,2,9-10,12-14H2,1H3,(H2,23,25,26);1H. The van der Waals surface area contributed by atoms with E-state index in [4.69, 9.17) is 0 Å². The molecule has 28 heavy (non-hydrogen) atoms. The van der Waals surface area contributed by atoms with Crippen molar-refractivity contribution in [3.8, 4) is 0 Å². The molecule has 1 saturated heterocycles. The molecule has 1 aromatic carbocycles. The Balaban J connectivity index is 0.00000280. The van der Waals surface area contributed by atoms with Crippen LogP contribution in [-0.4, -0.2) is 43.2 Å². The summed E-state index contributed by atoms with van der Waals surface area (Å²) in [5.74, 6) is 0.587. The van der Waals surface area contributed by atoms with E-state index in [0.29, 0.717) is 36.9 Å². The molecule has 3 rings (SSSR count). The van der Waals surface area contributed by atoms with E-state index >= 15 is 0 Å².